The second kappa shape index (κ2) is 4.11. The molecule has 0 amide bonds. The highest BCUT2D eigenvalue weighted by atomic mass is 15.2. The van der Waals surface area contributed by atoms with Crippen molar-refractivity contribution in [3.05, 3.63) is 35.4 Å². The smallest absolute Gasteiger partial charge is 0.0234 e. The van der Waals surface area contributed by atoms with E-state index in [2.05, 4.69) is 36.1 Å². The summed E-state index contributed by atoms with van der Waals surface area (Å²) in [4.78, 5) is 2.47. The molecule has 2 N–H and O–H groups in total. The summed E-state index contributed by atoms with van der Waals surface area (Å²) in [5.74, 6) is 0.882. The predicted octanol–water partition coefficient (Wildman–Crippen LogP) is 1.60. The highest BCUT2D eigenvalue weighted by Gasteiger charge is 2.21. The van der Waals surface area contributed by atoms with Gasteiger partial charge in [-0.15, -0.1) is 0 Å². The lowest BCUT2D eigenvalue weighted by atomic mass is 10.0. The summed E-state index contributed by atoms with van der Waals surface area (Å²) in [6.07, 6.45) is 0. The van der Waals surface area contributed by atoms with E-state index in [9.17, 15) is 0 Å². The number of likely N-dealkylation sites (tertiary alicyclic amines) is 1. The van der Waals surface area contributed by atoms with Crippen molar-refractivity contribution in [2.24, 2.45) is 11.7 Å². The average Bonchev–Trinajstić information content (AvgIpc) is 2.16. The normalized spacial score (nSPS) is 18.1. The molecule has 2 rings (SSSR count). The molecule has 1 aromatic rings. The lowest BCUT2D eigenvalue weighted by Crippen LogP contribution is -2.44. The van der Waals surface area contributed by atoms with Gasteiger partial charge in [0.2, 0.25) is 0 Å². The van der Waals surface area contributed by atoms with Gasteiger partial charge in [-0.05, 0) is 17.0 Å². The Morgan fingerprint density at radius 2 is 2.07 bits per heavy atom. The first kappa shape index (κ1) is 9.69. The Hall–Kier alpha value is -0.860. The van der Waals surface area contributed by atoms with Gasteiger partial charge >= 0.3 is 0 Å². The zero-order chi connectivity index (χ0) is 9.97. The van der Waals surface area contributed by atoms with E-state index < -0.39 is 0 Å². The fourth-order valence-corrected chi connectivity index (χ4v) is 2.07. The number of nitrogens with two attached hydrogens (primary N) is 1. The van der Waals surface area contributed by atoms with Crippen LogP contribution in [0.2, 0.25) is 0 Å². The third-order valence-corrected chi connectivity index (χ3v) is 2.77. The molecule has 0 aliphatic carbocycles. The molecule has 1 heterocycles. The summed E-state index contributed by atoms with van der Waals surface area (Å²) >= 11 is 0. The van der Waals surface area contributed by atoms with E-state index >= 15 is 0 Å². The molecule has 1 aliphatic heterocycles. The van der Waals surface area contributed by atoms with Gasteiger partial charge in [0.15, 0.2) is 0 Å². The highest BCUT2D eigenvalue weighted by molar-refractivity contribution is 5.23. The first-order valence-corrected chi connectivity index (χ1v) is 5.28. The van der Waals surface area contributed by atoms with Crippen LogP contribution in [0, 0.1) is 5.92 Å². The van der Waals surface area contributed by atoms with Gasteiger partial charge < -0.3 is 5.73 Å². The van der Waals surface area contributed by atoms with E-state index in [1.165, 1.54) is 24.2 Å². The Balaban J connectivity index is 1.95. The molecule has 0 bridgehead atoms. The Morgan fingerprint density at radius 3 is 2.71 bits per heavy atom. The maximum atomic E-state index is 5.60. The zero-order valence-electron chi connectivity index (χ0n) is 8.74. The molecule has 14 heavy (non-hydrogen) atoms. The van der Waals surface area contributed by atoms with Crippen LogP contribution < -0.4 is 5.73 Å². The molecule has 0 spiro atoms. The van der Waals surface area contributed by atoms with Gasteiger partial charge in [0.05, 0.1) is 0 Å². The van der Waals surface area contributed by atoms with Crippen molar-refractivity contribution >= 4 is 0 Å². The second-order valence-electron chi connectivity index (χ2n) is 4.32. The van der Waals surface area contributed by atoms with Crippen LogP contribution in [0.3, 0.4) is 0 Å². The maximum Gasteiger partial charge on any atom is 0.0234 e. The summed E-state index contributed by atoms with van der Waals surface area (Å²) < 4.78 is 0. The van der Waals surface area contributed by atoms with Gasteiger partial charge in [-0.25, -0.2) is 0 Å². The molecule has 2 heteroatoms. The standard InChI is InChI=1S/C12H18N2/c1-10-7-14(8-10)9-12-4-2-3-11(5-12)6-13/h2-5,10H,6-9,13H2,1H3. The quantitative estimate of drug-likeness (QED) is 0.784. The molecular formula is C12H18N2. The van der Waals surface area contributed by atoms with Crippen molar-refractivity contribution in [1.82, 2.24) is 4.90 Å². The summed E-state index contributed by atoms with van der Waals surface area (Å²) in [5, 5.41) is 0. The molecule has 1 fully saturated rings. The minimum atomic E-state index is 0.643. The van der Waals surface area contributed by atoms with Gasteiger partial charge in [-0.1, -0.05) is 31.2 Å². The van der Waals surface area contributed by atoms with E-state index in [0.29, 0.717) is 6.54 Å². The first-order chi connectivity index (χ1) is 6.78. The molecule has 2 nitrogen and oxygen atoms in total. The highest BCUT2D eigenvalue weighted by Crippen LogP contribution is 2.17. The lowest BCUT2D eigenvalue weighted by molar-refractivity contribution is 0.105. The molecule has 0 saturated carbocycles. The number of hydrogen-bond acceptors (Lipinski definition) is 2. The number of rotatable bonds is 3. The number of benzene rings is 1. The molecule has 0 aromatic heterocycles. The van der Waals surface area contributed by atoms with Crippen molar-refractivity contribution in [2.45, 2.75) is 20.0 Å². The largest absolute Gasteiger partial charge is 0.326 e. The van der Waals surface area contributed by atoms with E-state index in [4.69, 9.17) is 5.73 Å². The van der Waals surface area contributed by atoms with Crippen molar-refractivity contribution in [2.75, 3.05) is 13.1 Å². The number of nitrogens with zero attached hydrogens (tertiary/aromatic N) is 1. The summed E-state index contributed by atoms with van der Waals surface area (Å²) in [5.41, 5.74) is 8.23. The van der Waals surface area contributed by atoms with Gasteiger partial charge in [0, 0.05) is 26.2 Å². The SMILES string of the molecule is CC1CN(Cc2cccc(CN)c2)C1. The molecule has 1 aliphatic rings. The minimum absolute atomic E-state index is 0.643. The monoisotopic (exact) mass is 190 g/mol. The third-order valence-electron chi connectivity index (χ3n) is 2.77. The Bertz CT molecular complexity index is 303. The fraction of sp³-hybridized carbons (Fsp3) is 0.500. The average molecular weight is 190 g/mol. The Morgan fingerprint density at radius 1 is 1.36 bits per heavy atom. The first-order valence-electron chi connectivity index (χ1n) is 5.28. The van der Waals surface area contributed by atoms with Crippen LogP contribution in [0.1, 0.15) is 18.1 Å². The molecule has 1 saturated heterocycles. The van der Waals surface area contributed by atoms with E-state index in [1.807, 2.05) is 0 Å². The van der Waals surface area contributed by atoms with Crippen LogP contribution in [0.25, 0.3) is 0 Å². The van der Waals surface area contributed by atoms with Crippen LogP contribution in [0.4, 0.5) is 0 Å². The fourth-order valence-electron chi connectivity index (χ4n) is 2.07. The molecule has 0 radical (unpaired) electrons. The minimum Gasteiger partial charge on any atom is -0.326 e. The van der Waals surface area contributed by atoms with E-state index in [0.717, 1.165) is 12.5 Å². The summed E-state index contributed by atoms with van der Waals surface area (Å²) in [6.45, 7) is 6.51. The Kier molecular flexibility index (Phi) is 2.85. The summed E-state index contributed by atoms with van der Waals surface area (Å²) in [7, 11) is 0. The van der Waals surface area contributed by atoms with E-state index in [-0.39, 0.29) is 0 Å². The topological polar surface area (TPSA) is 29.3 Å². The van der Waals surface area contributed by atoms with Crippen molar-refractivity contribution in [3.8, 4) is 0 Å². The van der Waals surface area contributed by atoms with Crippen molar-refractivity contribution in [3.63, 3.8) is 0 Å². The zero-order valence-corrected chi connectivity index (χ0v) is 8.74. The second-order valence-corrected chi connectivity index (χ2v) is 4.32. The van der Waals surface area contributed by atoms with Gasteiger partial charge in [-0.2, -0.15) is 0 Å². The number of hydrogen-bond donors (Lipinski definition) is 1. The molecule has 0 atom stereocenters. The maximum absolute atomic E-state index is 5.60. The third kappa shape index (κ3) is 2.14. The van der Waals surface area contributed by atoms with Crippen LogP contribution in [-0.2, 0) is 13.1 Å². The molecular weight excluding hydrogens is 172 g/mol. The lowest BCUT2D eigenvalue weighted by Gasteiger charge is -2.37. The van der Waals surface area contributed by atoms with Crippen LogP contribution in [0.15, 0.2) is 24.3 Å². The van der Waals surface area contributed by atoms with Crippen molar-refractivity contribution < 1.29 is 0 Å². The van der Waals surface area contributed by atoms with Crippen LogP contribution >= 0.6 is 0 Å². The molecule has 0 unspecified atom stereocenters. The van der Waals surface area contributed by atoms with E-state index in [1.54, 1.807) is 0 Å². The van der Waals surface area contributed by atoms with Gasteiger partial charge in [0.25, 0.3) is 0 Å². The van der Waals surface area contributed by atoms with Gasteiger partial charge in [0.1, 0.15) is 0 Å². The van der Waals surface area contributed by atoms with Gasteiger partial charge in [-0.3, -0.25) is 4.90 Å². The summed E-state index contributed by atoms with van der Waals surface area (Å²) in [6, 6.07) is 8.58. The Labute approximate surface area is 85.7 Å². The van der Waals surface area contributed by atoms with Crippen LogP contribution in [-0.4, -0.2) is 18.0 Å². The van der Waals surface area contributed by atoms with Crippen LogP contribution in [0.5, 0.6) is 0 Å². The van der Waals surface area contributed by atoms with Crippen molar-refractivity contribution in [1.29, 1.82) is 0 Å². The molecule has 76 valence electrons. The predicted molar refractivity (Wildman–Crippen MR) is 58.8 cm³/mol. The molecule has 1 aromatic carbocycles.